The van der Waals surface area contributed by atoms with Crippen LogP contribution in [0.15, 0.2) is 41.0 Å². The summed E-state index contributed by atoms with van der Waals surface area (Å²) in [7, 11) is -4.33. The minimum absolute atomic E-state index is 0.0399. The summed E-state index contributed by atoms with van der Waals surface area (Å²) in [5.41, 5.74) is 0.849. The number of hydrogen-bond acceptors (Lipinski definition) is 17. The van der Waals surface area contributed by atoms with Gasteiger partial charge in [0.2, 0.25) is 12.6 Å². The Morgan fingerprint density at radius 1 is 0.898 bits per heavy atom. The van der Waals surface area contributed by atoms with E-state index in [0.717, 1.165) is 39.5 Å². The van der Waals surface area contributed by atoms with Gasteiger partial charge in [-0.3, -0.25) is 23.4 Å². The molecule has 9 atom stereocenters. The molecule has 0 saturated carbocycles. The van der Waals surface area contributed by atoms with Gasteiger partial charge in [-0.2, -0.15) is 8.42 Å². The van der Waals surface area contributed by atoms with Crippen LogP contribution >= 0.6 is 0 Å². The van der Waals surface area contributed by atoms with Gasteiger partial charge in [0, 0.05) is 33.6 Å². The summed E-state index contributed by atoms with van der Waals surface area (Å²) in [5, 5.41) is 11.4. The zero-order chi connectivity index (χ0) is 36.0. The number of benzene rings is 1. The number of carbonyl (C=O) groups excluding carboxylic acids is 5. The predicted molar refractivity (Wildman–Crippen MR) is 159 cm³/mol. The minimum atomic E-state index is -4.33. The lowest BCUT2D eigenvalue weighted by Crippen LogP contribution is -2.64. The van der Waals surface area contributed by atoms with E-state index in [4.69, 9.17) is 42.1 Å². The lowest BCUT2D eigenvalue weighted by molar-refractivity contribution is -0.348. The Bertz CT molecular complexity index is 1540. The second kappa shape index (κ2) is 16.1. The summed E-state index contributed by atoms with van der Waals surface area (Å²) in [4.78, 5) is 60.7. The average Bonchev–Trinajstić information content (AvgIpc) is 3.01. The molecule has 1 aromatic carbocycles. The number of aliphatic hydroxyl groups is 1. The van der Waals surface area contributed by atoms with Crippen molar-refractivity contribution in [3.05, 3.63) is 41.7 Å². The molecule has 0 aliphatic carbocycles. The molecule has 3 heterocycles. The molecule has 0 spiro atoms. The first-order valence-electron chi connectivity index (χ1n) is 15.2. The van der Waals surface area contributed by atoms with Crippen molar-refractivity contribution < 1.29 is 79.6 Å². The summed E-state index contributed by atoms with van der Waals surface area (Å²) >= 11 is 0. The number of carbonyl (C=O) groups is 5. The summed E-state index contributed by atoms with van der Waals surface area (Å²) in [6.07, 6.45) is -9.66. The van der Waals surface area contributed by atoms with Crippen LogP contribution < -0.4 is 0 Å². The van der Waals surface area contributed by atoms with Crippen LogP contribution in [0.1, 0.15) is 39.7 Å². The highest BCUT2D eigenvalue weighted by Crippen LogP contribution is 2.41. The van der Waals surface area contributed by atoms with Crippen molar-refractivity contribution in [2.75, 3.05) is 19.8 Å². The Morgan fingerprint density at radius 3 is 2.12 bits per heavy atom. The summed E-state index contributed by atoms with van der Waals surface area (Å²) in [6, 6.07) is 5.83. The van der Waals surface area contributed by atoms with Crippen LogP contribution in [0, 0.1) is 18.8 Å². The number of ether oxygens (including phenoxy) is 8. The fourth-order valence-electron chi connectivity index (χ4n) is 5.67. The van der Waals surface area contributed by atoms with E-state index < -0.39 is 108 Å². The van der Waals surface area contributed by atoms with Crippen LogP contribution in [0.4, 0.5) is 0 Å². The normalized spacial score (nSPS) is 28.8. The van der Waals surface area contributed by atoms with Crippen LogP contribution in [0.5, 0.6) is 0 Å². The number of rotatable bonds is 12. The highest BCUT2D eigenvalue weighted by Gasteiger charge is 2.55. The van der Waals surface area contributed by atoms with Crippen LogP contribution in [-0.2, 0) is 76.2 Å². The second-order valence-electron chi connectivity index (χ2n) is 11.5. The van der Waals surface area contributed by atoms with Gasteiger partial charge in [0.05, 0.1) is 42.0 Å². The minimum Gasteiger partial charge on any atom is -0.471 e. The molecule has 0 radical (unpaired) electrons. The quantitative estimate of drug-likeness (QED) is 0.178. The van der Waals surface area contributed by atoms with Gasteiger partial charge in [0.25, 0.3) is 10.1 Å². The van der Waals surface area contributed by atoms with Crippen LogP contribution in [0.25, 0.3) is 0 Å². The van der Waals surface area contributed by atoms with Gasteiger partial charge < -0.3 is 43.0 Å². The first-order valence-corrected chi connectivity index (χ1v) is 16.6. The molecule has 270 valence electrons. The molecule has 17 nitrogen and oxygen atoms in total. The second-order valence-corrected chi connectivity index (χ2v) is 13.1. The third-order valence-electron chi connectivity index (χ3n) is 7.77. The Hall–Kier alpha value is -4.10. The molecule has 4 rings (SSSR count). The molecule has 18 heteroatoms. The molecular weight excluding hydrogens is 676 g/mol. The Morgan fingerprint density at radius 2 is 1.51 bits per heavy atom. The Kier molecular flexibility index (Phi) is 12.4. The average molecular weight is 715 g/mol. The van der Waals surface area contributed by atoms with Gasteiger partial charge in [0.1, 0.15) is 12.7 Å². The number of esters is 5. The molecule has 2 saturated heterocycles. The number of aryl methyl sites for hydroxylation is 1. The van der Waals surface area contributed by atoms with Crippen molar-refractivity contribution in [1.82, 2.24) is 0 Å². The Labute approximate surface area is 281 Å². The monoisotopic (exact) mass is 714 g/mol. The van der Waals surface area contributed by atoms with Gasteiger partial charge in [-0.05, 0) is 25.5 Å². The van der Waals surface area contributed by atoms with Crippen molar-refractivity contribution in [1.29, 1.82) is 0 Å². The standard InChI is InChI=1S/C31H38O17S/c1-15-6-8-20(9-7-15)49(38,39)43-13-23(36)25-21-10-11-40-29(37)22(21)12-42-30(25)48-31-28(46-19(5)35)27(45-18(4)34)26(44-17(3)33)24(47-31)14-41-16(2)32/h6-9,12,21,23-28,30-31,36H,10-11,13-14H2,1-5H3/t21-,23+,24-,25+,26-,27+,28-,30+,31+/m1/s1. The molecule has 0 amide bonds. The van der Waals surface area contributed by atoms with Crippen molar-refractivity contribution in [2.24, 2.45) is 11.8 Å². The van der Waals surface area contributed by atoms with E-state index in [0.29, 0.717) is 0 Å². The largest absolute Gasteiger partial charge is 0.471 e. The van der Waals surface area contributed by atoms with Crippen molar-refractivity contribution in [2.45, 2.75) is 89.0 Å². The number of fused-ring (bicyclic) bond motifs is 1. The molecule has 1 N–H and O–H groups in total. The van der Waals surface area contributed by atoms with E-state index in [9.17, 15) is 37.5 Å². The zero-order valence-electron chi connectivity index (χ0n) is 27.3. The number of aliphatic hydroxyl groups excluding tert-OH is 1. The third kappa shape index (κ3) is 9.54. The molecule has 0 unspecified atom stereocenters. The number of hydrogen-bond donors (Lipinski definition) is 1. The highest BCUT2D eigenvalue weighted by molar-refractivity contribution is 7.86. The van der Waals surface area contributed by atoms with Gasteiger partial charge in [0.15, 0.2) is 18.3 Å². The van der Waals surface area contributed by atoms with Crippen molar-refractivity contribution in [3.63, 3.8) is 0 Å². The molecular formula is C31H38O17S. The van der Waals surface area contributed by atoms with Gasteiger partial charge in [-0.1, -0.05) is 17.7 Å². The van der Waals surface area contributed by atoms with Gasteiger partial charge in [-0.25, -0.2) is 4.79 Å². The van der Waals surface area contributed by atoms with E-state index in [1.807, 2.05) is 0 Å². The summed E-state index contributed by atoms with van der Waals surface area (Å²) in [5.74, 6) is -6.05. The first-order chi connectivity index (χ1) is 23.1. The molecule has 2 fully saturated rings. The zero-order valence-corrected chi connectivity index (χ0v) is 28.1. The van der Waals surface area contributed by atoms with Crippen molar-refractivity contribution in [3.8, 4) is 0 Å². The SMILES string of the molecule is CC(=O)OC[C@H]1O[C@@H](O[C@@H]2OC=C3C(=O)OCC[C@H]3[C@H]2[C@@H](O)COS(=O)(=O)c2ccc(C)cc2)[C@H](OC(C)=O)[C@@H](OC(C)=O)[C@@H]1OC(C)=O. The van der Waals surface area contributed by atoms with Gasteiger partial charge >= 0.3 is 29.8 Å². The molecule has 0 aromatic heterocycles. The smallest absolute Gasteiger partial charge is 0.337 e. The van der Waals surface area contributed by atoms with E-state index in [2.05, 4.69) is 0 Å². The topological polar surface area (TPSA) is 223 Å². The fourth-order valence-corrected chi connectivity index (χ4v) is 6.60. The third-order valence-corrected chi connectivity index (χ3v) is 9.07. The Balaban J connectivity index is 1.68. The maximum atomic E-state index is 12.9. The van der Waals surface area contributed by atoms with Crippen LogP contribution in [0.2, 0.25) is 0 Å². The molecule has 0 bridgehead atoms. The van der Waals surface area contributed by atoms with E-state index in [1.165, 1.54) is 12.1 Å². The number of cyclic esters (lactones) is 1. The summed E-state index contributed by atoms with van der Waals surface area (Å²) in [6.45, 7) is 4.70. The molecule has 3 aliphatic heterocycles. The predicted octanol–water partition coefficient (Wildman–Crippen LogP) is 0.580. The summed E-state index contributed by atoms with van der Waals surface area (Å²) < 4.78 is 75.3. The first kappa shape index (κ1) is 37.7. The van der Waals surface area contributed by atoms with E-state index >= 15 is 0 Å². The maximum absolute atomic E-state index is 12.9. The fraction of sp³-hybridized carbons (Fsp3) is 0.581. The van der Waals surface area contributed by atoms with Gasteiger partial charge in [-0.15, -0.1) is 0 Å². The van der Waals surface area contributed by atoms with Crippen LogP contribution in [-0.4, -0.2) is 106 Å². The lowest BCUT2D eigenvalue weighted by Gasteiger charge is -2.47. The maximum Gasteiger partial charge on any atom is 0.337 e. The van der Waals surface area contributed by atoms with Crippen molar-refractivity contribution >= 4 is 40.0 Å². The molecule has 49 heavy (non-hydrogen) atoms. The van der Waals surface area contributed by atoms with Crippen LogP contribution in [0.3, 0.4) is 0 Å². The van der Waals surface area contributed by atoms with E-state index in [1.54, 1.807) is 19.1 Å². The molecule has 3 aliphatic rings. The highest BCUT2D eigenvalue weighted by atomic mass is 32.2. The molecule has 1 aromatic rings. The lowest BCUT2D eigenvalue weighted by atomic mass is 9.78. The van der Waals surface area contributed by atoms with E-state index in [-0.39, 0.29) is 23.5 Å².